The summed E-state index contributed by atoms with van der Waals surface area (Å²) in [5.74, 6) is 0.261. The number of allylic oxidation sites excluding steroid dienone is 8. The number of hydrogen-bond donors (Lipinski definition) is 1. The highest BCUT2D eigenvalue weighted by molar-refractivity contribution is 6.10. The first-order valence-corrected chi connectivity index (χ1v) is 17.3. The fourth-order valence-electron chi connectivity index (χ4n) is 4.30. The lowest BCUT2D eigenvalue weighted by molar-refractivity contribution is -0.115. The lowest BCUT2D eigenvalue weighted by atomic mass is 9.95. The van der Waals surface area contributed by atoms with Crippen LogP contribution >= 0.6 is 0 Å². The van der Waals surface area contributed by atoms with Crippen LogP contribution in [0.25, 0.3) is 17.2 Å². The minimum atomic E-state index is -0.201. The smallest absolute Gasteiger partial charge is 0.163 e. The summed E-state index contributed by atoms with van der Waals surface area (Å²) < 4.78 is 12.8. The standard InChI is InChI=1S/C24H31N.C9H11F.C8H10O2.C2H6.C2H4/c1-7-17(4)13-21(9-3)18(5)14-23-19(6)25-16-24(23)22-12-10-11-20(8-2)15-22;1-3-8-5-4-7(2)9(10)6-8;1-3-4-5-8(6-9)7(2)10;2*1-2/h9-17,25H,3,7-8H2,1-2,4-6H3;4-6H,3H2,1-2H3;3-6H,1-2H3;1-2H3;1-2H2/b18-14+,21-13+;;4-3-,8-5-;;. The second-order valence-electron chi connectivity index (χ2n) is 11.1. The lowest BCUT2D eigenvalue weighted by Gasteiger charge is -2.09. The molecular formula is C45H62FNO2. The van der Waals surface area contributed by atoms with E-state index in [1.54, 1.807) is 25.1 Å². The molecule has 2 aromatic carbocycles. The van der Waals surface area contributed by atoms with Crippen LogP contribution in [0.15, 0.2) is 115 Å². The molecule has 0 radical (unpaired) electrons. The predicted octanol–water partition coefficient (Wildman–Crippen LogP) is 12.9. The van der Waals surface area contributed by atoms with Gasteiger partial charge in [0, 0.05) is 23.0 Å². The Kier molecular flexibility index (Phi) is 26.0. The molecular weight excluding hydrogens is 605 g/mol. The molecule has 1 atom stereocenters. The van der Waals surface area contributed by atoms with Gasteiger partial charge in [0.2, 0.25) is 0 Å². The third-order valence-electron chi connectivity index (χ3n) is 7.56. The van der Waals surface area contributed by atoms with Gasteiger partial charge in [0.15, 0.2) is 12.1 Å². The third kappa shape index (κ3) is 17.4. The number of aromatic amines is 1. The van der Waals surface area contributed by atoms with E-state index in [4.69, 9.17) is 0 Å². The van der Waals surface area contributed by atoms with Gasteiger partial charge in [-0.1, -0.05) is 115 Å². The van der Waals surface area contributed by atoms with Crippen molar-refractivity contribution in [1.29, 1.82) is 0 Å². The second kappa shape index (κ2) is 27.4. The Morgan fingerprint density at radius 2 is 1.57 bits per heavy atom. The summed E-state index contributed by atoms with van der Waals surface area (Å²) >= 11 is 0. The average Bonchev–Trinajstić information content (AvgIpc) is 3.49. The van der Waals surface area contributed by atoms with Crippen LogP contribution in [0.1, 0.15) is 96.7 Å². The monoisotopic (exact) mass is 667 g/mol. The van der Waals surface area contributed by atoms with Crippen molar-refractivity contribution in [2.45, 2.75) is 95.4 Å². The first-order chi connectivity index (χ1) is 23.4. The number of halogens is 1. The summed E-state index contributed by atoms with van der Waals surface area (Å²) in [6, 6.07) is 14.2. The van der Waals surface area contributed by atoms with Gasteiger partial charge < -0.3 is 4.98 Å². The van der Waals surface area contributed by atoms with Gasteiger partial charge in [-0.25, -0.2) is 4.39 Å². The molecule has 1 unspecified atom stereocenters. The van der Waals surface area contributed by atoms with E-state index in [-0.39, 0.29) is 17.2 Å². The quantitative estimate of drug-likeness (QED) is 0.0552. The maximum Gasteiger partial charge on any atom is 0.163 e. The van der Waals surface area contributed by atoms with E-state index in [0.717, 1.165) is 30.4 Å². The Hall–Kier alpha value is -4.57. The number of rotatable bonds is 11. The Morgan fingerprint density at radius 3 is 2.06 bits per heavy atom. The molecule has 0 aliphatic carbocycles. The van der Waals surface area contributed by atoms with Crippen molar-refractivity contribution in [2.75, 3.05) is 0 Å². The highest BCUT2D eigenvalue weighted by atomic mass is 19.1. The summed E-state index contributed by atoms with van der Waals surface area (Å²) in [5, 5.41) is 0. The average molecular weight is 668 g/mol. The predicted molar refractivity (Wildman–Crippen MR) is 214 cm³/mol. The van der Waals surface area contributed by atoms with Crippen molar-refractivity contribution in [3.63, 3.8) is 0 Å². The number of carbonyl (C=O) groups excluding carboxylic acids is 2. The normalized spacial score (nSPS) is 11.7. The van der Waals surface area contributed by atoms with E-state index in [1.807, 2.05) is 45.9 Å². The van der Waals surface area contributed by atoms with Gasteiger partial charge >= 0.3 is 0 Å². The molecule has 0 bridgehead atoms. The Bertz CT molecular complexity index is 1550. The number of hydrogen-bond acceptors (Lipinski definition) is 2. The molecule has 3 nitrogen and oxygen atoms in total. The Morgan fingerprint density at radius 1 is 0.959 bits per heavy atom. The van der Waals surface area contributed by atoms with Crippen molar-refractivity contribution in [3.05, 3.63) is 149 Å². The van der Waals surface area contributed by atoms with Crippen LogP contribution in [-0.4, -0.2) is 17.1 Å². The number of carbonyl (C=O) groups is 2. The third-order valence-corrected chi connectivity index (χ3v) is 7.56. The molecule has 266 valence electrons. The molecule has 0 saturated heterocycles. The zero-order valence-electron chi connectivity index (χ0n) is 32.2. The van der Waals surface area contributed by atoms with Crippen LogP contribution < -0.4 is 0 Å². The van der Waals surface area contributed by atoms with E-state index in [1.165, 1.54) is 52.1 Å². The number of aryl methyl sites for hydroxylation is 4. The van der Waals surface area contributed by atoms with Crippen LogP contribution in [0, 0.1) is 25.6 Å². The largest absolute Gasteiger partial charge is 0.364 e. The van der Waals surface area contributed by atoms with Crippen LogP contribution in [-0.2, 0) is 22.4 Å². The van der Waals surface area contributed by atoms with E-state index < -0.39 is 0 Å². The molecule has 0 spiro atoms. The fourth-order valence-corrected chi connectivity index (χ4v) is 4.30. The molecule has 1 heterocycles. The second-order valence-corrected chi connectivity index (χ2v) is 11.1. The van der Waals surface area contributed by atoms with Crippen molar-refractivity contribution in [2.24, 2.45) is 5.92 Å². The molecule has 3 rings (SSSR count). The number of aldehydes is 1. The molecule has 0 amide bonds. The minimum Gasteiger partial charge on any atom is -0.364 e. The van der Waals surface area contributed by atoms with Crippen LogP contribution in [0.5, 0.6) is 0 Å². The molecule has 3 aromatic rings. The highest BCUT2D eigenvalue weighted by Gasteiger charge is 2.10. The zero-order chi connectivity index (χ0) is 37.9. The number of benzene rings is 2. The van der Waals surface area contributed by atoms with Crippen molar-refractivity contribution < 1.29 is 14.0 Å². The molecule has 1 aromatic heterocycles. The van der Waals surface area contributed by atoms with Gasteiger partial charge in [0.25, 0.3) is 0 Å². The van der Waals surface area contributed by atoms with Crippen LogP contribution in [0.2, 0.25) is 0 Å². The molecule has 1 N–H and O–H groups in total. The number of H-pyrrole nitrogens is 1. The van der Waals surface area contributed by atoms with Gasteiger partial charge in [-0.2, -0.15) is 0 Å². The van der Waals surface area contributed by atoms with Crippen molar-refractivity contribution in [3.8, 4) is 11.1 Å². The summed E-state index contributed by atoms with van der Waals surface area (Å²) in [7, 11) is 0. The lowest BCUT2D eigenvalue weighted by Crippen LogP contribution is -1.96. The summed E-state index contributed by atoms with van der Waals surface area (Å²) in [6.07, 6.45) is 17.3. The van der Waals surface area contributed by atoms with Gasteiger partial charge in [0.05, 0.1) is 5.57 Å². The van der Waals surface area contributed by atoms with Crippen molar-refractivity contribution >= 4 is 18.1 Å². The summed E-state index contributed by atoms with van der Waals surface area (Å²) in [4.78, 5) is 24.1. The number of ketones is 1. The summed E-state index contributed by atoms with van der Waals surface area (Å²) in [6.45, 7) is 32.0. The zero-order valence-corrected chi connectivity index (χ0v) is 32.2. The molecule has 0 aliphatic rings. The molecule has 49 heavy (non-hydrogen) atoms. The van der Waals surface area contributed by atoms with E-state index in [0.29, 0.717) is 12.2 Å². The summed E-state index contributed by atoms with van der Waals surface area (Å²) in [5.41, 5.74) is 10.8. The molecule has 4 heteroatoms. The first kappa shape index (κ1) is 46.5. The molecule has 0 fully saturated rings. The van der Waals surface area contributed by atoms with Crippen LogP contribution in [0.3, 0.4) is 0 Å². The van der Waals surface area contributed by atoms with Gasteiger partial charge in [0.1, 0.15) is 5.82 Å². The molecule has 0 aliphatic heterocycles. The minimum absolute atomic E-state index is 0.0978. The Balaban J connectivity index is 0. The van der Waals surface area contributed by atoms with Crippen molar-refractivity contribution in [1.82, 2.24) is 4.98 Å². The van der Waals surface area contributed by atoms with Gasteiger partial charge in [-0.15, -0.1) is 13.2 Å². The van der Waals surface area contributed by atoms with Crippen LogP contribution in [0.4, 0.5) is 4.39 Å². The Labute approximate surface area is 298 Å². The number of Topliss-reactive ketones (excluding diaryl/α,β-unsaturated/α-hetero) is 1. The highest BCUT2D eigenvalue weighted by Crippen LogP contribution is 2.30. The van der Waals surface area contributed by atoms with E-state index in [9.17, 15) is 14.0 Å². The topological polar surface area (TPSA) is 49.9 Å². The number of nitrogens with one attached hydrogen (secondary N) is 1. The van der Waals surface area contributed by atoms with Gasteiger partial charge in [-0.3, -0.25) is 9.59 Å². The maximum absolute atomic E-state index is 12.8. The van der Waals surface area contributed by atoms with E-state index in [2.05, 4.69) is 102 Å². The van der Waals surface area contributed by atoms with E-state index >= 15 is 0 Å². The fraction of sp³-hybridized carbons (Fsp3) is 0.333. The molecule has 0 saturated carbocycles. The first-order valence-electron chi connectivity index (χ1n) is 17.3. The maximum atomic E-state index is 12.8. The SMILES string of the molecule is C/C=C\C=C(\C=O)C(C)=O.C=C.C=CC(=C\C(C)CC)/C(C)=C/c1c(-c2cccc(CC)c2)c[nH]c1C.CC.CCc1ccc(C)c(F)c1. The number of aromatic nitrogens is 1. The van der Waals surface area contributed by atoms with Gasteiger partial charge in [-0.05, 0) is 105 Å².